The van der Waals surface area contributed by atoms with Crippen LogP contribution in [0.15, 0.2) is 52.7 Å². The third kappa shape index (κ3) is 5.90. The van der Waals surface area contributed by atoms with Gasteiger partial charge in [-0.15, -0.1) is 0 Å². The van der Waals surface area contributed by atoms with Crippen molar-refractivity contribution in [3.8, 4) is 0 Å². The van der Waals surface area contributed by atoms with E-state index in [4.69, 9.17) is 9.61 Å². The van der Waals surface area contributed by atoms with Crippen molar-refractivity contribution in [1.82, 2.24) is 25.6 Å². The summed E-state index contributed by atoms with van der Waals surface area (Å²) in [6.45, 7) is 5.73. The Morgan fingerprint density at radius 3 is 2.53 bits per heavy atom. The zero-order chi connectivity index (χ0) is 24.9. The van der Waals surface area contributed by atoms with Gasteiger partial charge in [0.2, 0.25) is 17.2 Å². The number of fused-ring (bicyclic) bond motifs is 1. The molecular weight excluding hydrogens is 454 g/mol. The number of nitrogens with zero attached hydrogens (tertiary/aromatic N) is 5. The van der Waals surface area contributed by atoms with E-state index in [0.29, 0.717) is 29.5 Å². The molecule has 5 rings (SSSR count). The van der Waals surface area contributed by atoms with Gasteiger partial charge in [0.15, 0.2) is 11.6 Å². The SMILES string of the molecule is CC(C)NC(=O)Cc1ccc(Nc2nc3nonc3nc2N2CCC(CC3=CCCC=C3)CC2)cc1. The Bertz CT molecular complexity index is 1250. The molecule has 2 aliphatic rings. The minimum absolute atomic E-state index is 0.0158. The maximum atomic E-state index is 12.1. The molecule has 36 heavy (non-hydrogen) atoms. The lowest BCUT2D eigenvalue weighted by molar-refractivity contribution is -0.120. The number of hydrogen-bond acceptors (Lipinski definition) is 8. The first kappa shape index (κ1) is 24.0. The fraction of sp³-hybridized carbons (Fsp3) is 0.444. The molecule has 3 aromatic rings. The van der Waals surface area contributed by atoms with Crippen molar-refractivity contribution in [3.63, 3.8) is 0 Å². The smallest absolute Gasteiger partial charge is 0.245 e. The van der Waals surface area contributed by atoms with E-state index in [1.807, 2.05) is 38.1 Å². The van der Waals surface area contributed by atoms with Crippen LogP contribution in [0.1, 0.15) is 51.5 Å². The molecule has 1 aromatic carbocycles. The van der Waals surface area contributed by atoms with Crippen LogP contribution in [0.25, 0.3) is 11.3 Å². The molecule has 9 nitrogen and oxygen atoms in total. The van der Waals surface area contributed by atoms with E-state index in [0.717, 1.165) is 62.3 Å². The molecule has 1 amide bonds. The van der Waals surface area contributed by atoms with Gasteiger partial charge >= 0.3 is 0 Å². The molecule has 2 aromatic heterocycles. The molecule has 1 aliphatic carbocycles. The van der Waals surface area contributed by atoms with E-state index in [2.05, 4.69) is 49.1 Å². The molecule has 0 unspecified atom stereocenters. The van der Waals surface area contributed by atoms with Crippen molar-refractivity contribution >= 4 is 34.5 Å². The largest absolute Gasteiger partial charge is 0.354 e. The fourth-order valence-electron chi connectivity index (χ4n) is 4.84. The summed E-state index contributed by atoms with van der Waals surface area (Å²) in [5.74, 6) is 2.08. The number of carbonyl (C=O) groups excluding carboxylic acids is 1. The summed E-state index contributed by atoms with van der Waals surface area (Å²) >= 11 is 0. The number of piperidine rings is 1. The summed E-state index contributed by atoms with van der Waals surface area (Å²) in [5, 5.41) is 14.1. The maximum absolute atomic E-state index is 12.1. The fourth-order valence-corrected chi connectivity index (χ4v) is 4.84. The van der Waals surface area contributed by atoms with Crippen molar-refractivity contribution in [2.75, 3.05) is 23.3 Å². The van der Waals surface area contributed by atoms with Crippen LogP contribution in [0.3, 0.4) is 0 Å². The van der Waals surface area contributed by atoms with Gasteiger partial charge in [0, 0.05) is 24.8 Å². The van der Waals surface area contributed by atoms with E-state index in [9.17, 15) is 4.79 Å². The van der Waals surface area contributed by atoms with Gasteiger partial charge in [-0.3, -0.25) is 4.79 Å². The second-order valence-electron chi connectivity index (χ2n) is 9.92. The number of carbonyl (C=O) groups is 1. The summed E-state index contributed by atoms with van der Waals surface area (Å²) in [5.41, 5.74) is 4.06. The number of benzene rings is 1. The Morgan fingerprint density at radius 2 is 1.83 bits per heavy atom. The predicted octanol–water partition coefficient (Wildman–Crippen LogP) is 4.71. The first-order valence-corrected chi connectivity index (χ1v) is 12.8. The number of anilines is 3. The Labute approximate surface area is 211 Å². The van der Waals surface area contributed by atoms with Crippen LogP contribution in [0.2, 0.25) is 0 Å². The van der Waals surface area contributed by atoms with Gasteiger partial charge in [0.1, 0.15) is 0 Å². The molecule has 188 valence electrons. The second kappa shape index (κ2) is 10.9. The van der Waals surface area contributed by atoms with E-state index < -0.39 is 0 Å². The predicted molar refractivity (Wildman–Crippen MR) is 140 cm³/mol. The molecule has 3 heterocycles. The zero-order valence-electron chi connectivity index (χ0n) is 20.9. The molecule has 1 saturated heterocycles. The highest BCUT2D eigenvalue weighted by atomic mass is 16.6. The molecule has 0 radical (unpaired) electrons. The third-order valence-electron chi connectivity index (χ3n) is 6.64. The number of hydrogen-bond donors (Lipinski definition) is 2. The van der Waals surface area contributed by atoms with Gasteiger partial charge < -0.3 is 15.5 Å². The van der Waals surface area contributed by atoms with E-state index >= 15 is 0 Å². The van der Waals surface area contributed by atoms with Crippen molar-refractivity contribution in [2.45, 2.75) is 58.4 Å². The minimum Gasteiger partial charge on any atom is -0.354 e. The topological polar surface area (TPSA) is 109 Å². The molecule has 2 N–H and O–H groups in total. The lowest BCUT2D eigenvalue weighted by atomic mass is 9.88. The van der Waals surface area contributed by atoms with Crippen molar-refractivity contribution < 1.29 is 9.42 Å². The van der Waals surface area contributed by atoms with Crippen LogP contribution in [0.4, 0.5) is 17.3 Å². The normalized spacial score (nSPS) is 16.4. The van der Waals surface area contributed by atoms with Crippen LogP contribution in [0.5, 0.6) is 0 Å². The second-order valence-corrected chi connectivity index (χ2v) is 9.92. The number of aromatic nitrogens is 4. The van der Waals surface area contributed by atoms with Gasteiger partial charge in [-0.1, -0.05) is 35.9 Å². The van der Waals surface area contributed by atoms with Gasteiger partial charge in [0.05, 0.1) is 6.42 Å². The summed E-state index contributed by atoms with van der Waals surface area (Å²) < 4.78 is 4.87. The average molecular weight is 488 g/mol. The minimum atomic E-state index is 0.0158. The van der Waals surface area contributed by atoms with Crippen LogP contribution in [-0.2, 0) is 11.2 Å². The first-order valence-electron chi connectivity index (χ1n) is 12.8. The van der Waals surface area contributed by atoms with Crippen molar-refractivity contribution in [2.24, 2.45) is 5.92 Å². The quantitative estimate of drug-likeness (QED) is 0.470. The van der Waals surface area contributed by atoms with Gasteiger partial charge in [-0.2, -0.15) is 0 Å². The van der Waals surface area contributed by atoms with Crippen LogP contribution in [-0.4, -0.2) is 45.3 Å². The standard InChI is InChI=1S/C27H33N7O2/c1-18(2)28-23(35)17-20-8-10-22(11-9-20)29-26-27(31-25-24(30-26)32-36-33-25)34-14-12-21(13-15-34)16-19-6-4-3-5-7-19/h4,6-11,18,21H,3,5,12-17H2,1-2H3,(H,28,35)(H,29,30,32). The lowest BCUT2D eigenvalue weighted by Gasteiger charge is -2.33. The lowest BCUT2D eigenvalue weighted by Crippen LogP contribution is -2.35. The Morgan fingerprint density at radius 1 is 1.08 bits per heavy atom. The number of amides is 1. The highest BCUT2D eigenvalue weighted by Gasteiger charge is 2.25. The maximum Gasteiger partial charge on any atom is 0.245 e. The molecule has 0 spiro atoms. The third-order valence-corrected chi connectivity index (χ3v) is 6.64. The Balaban J connectivity index is 1.28. The van der Waals surface area contributed by atoms with Gasteiger partial charge in [-0.25, -0.2) is 14.6 Å². The molecule has 0 bridgehead atoms. The first-order chi connectivity index (χ1) is 17.5. The van der Waals surface area contributed by atoms with E-state index in [1.165, 1.54) is 5.57 Å². The summed E-state index contributed by atoms with van der Waals surface area (Å²) in [4.78, 5) is 23.7. The molecule has 0 atom stereocenters. The molecule has 0 saturated carbocycles. The molecule has 1 aliphatic heterocycles. The van der Waals surface area contributed by atoms with Crippen LogP contribution >= 0.6 is 0 Å². The highest BCUT2D eigenvalue weighted by molar-refractivity contribution is 5.79. The average Bonchev–Trinajstić information content (AvgIpc) is 3.33. The highest BCUT2D eigenvalue weighted by Crippen LogP contribution is 2.32. The Hall–Kier alpha value is -3.75. The monoisotopic (exact) mass is 487 g/mol. The van der Waals surface area contributed by atoms with Crippen LogP contribution in [0, 0.1) is 5.92 Å². The Kier molecular flexibility index (Phi) is 7.25. The van der Waals surface area contributed by atoms with Crippen molar-refractivity contribution in [1.29, 1.82) is 0 Å². The summed E-state index contributed by atoms with van der Waals surface area (Å²) in [6, 6.07) is 7.93. The zero-order valence-corrected chi connectivity index (χ0v) is 20.9. The number of allylic oxidation sites excluding steroid dienone is 4. The number of rotatable bonds is 8. The van der Waals surface area contributed by atoms with Crippen LogP contribution < -0.4 is 15.5 Å². The molecule has 1 fully saturated rings. The van der Waals surface area contributed by atoms with Gasteiger partial charge in [-0.05, 0) is 79.9 Å². The summed E-state index contributed by atoms with van der Waals surface area (Å²) in [7, 11) is 0. The van der Waals surface area contributed by atoms with E-state index in [-0.39, 0.29) is 11.9 Å². The summed E-state index contributed by atoms with van der Waals surface area (Å²) in [6.07, 6.45) is 13.0. The van der Waals surface area contributed by atoms with Crippen molar-refractivity contribution in [3.05, 3.63) is 53.6 Å². The van der Waals surface area contributed by atoms with E-state index in [1.54, 1.807) is 0 Å². The van der Waals surface area contributed by atoms with Gasteiger partial charge in [0.25, 0.3) is 0 Å². The number of nitrogens with one attached hydrogen (secondary N) is 2. The molecule has 9 heteroatoms. The molecular formula is C27H33N7O2.